The SMILES string of the molecule is COc1cc(CNC2C=CS(=O)(=O)C2)ccc1C#N. The first kappa shape index (κ1) is 13.6. The van der Waals surface area contributed by atoms with Gasteiger partial charge in [0.05, 0.1) is 18.4 Å². The van der Waals surface area contributed by atoms with E-state index >= 15 is 0 Å². The number of benzene rings is 1. The van der Waals surface area contributed by atoms with E-state index in [4.69, 9.17) is 10.00 Å². The Hall–Kier alpha value is -1.84. The monoisotopic (exact) mass is 278 g/mol. The quantitative estimate of drug-likeness (QED) is 0.887. The van der Waals surface area contributed by atoms with Crippen molar-refractivity contribution in [3.63, 3.8) is 0 Å². The van der Waals surface area contributed by atoms with Crippen molar-refractivity contribution in [3.05, 3.63) is 40.8 Å². The summed E-state index contributed by atoms with van der Waals surface area (Å²) >= 11 is 0. The van der Waals surface area contributed by atoms with Crippen LogP contribution in [0, 0.1) is 11.3 Å². The average Bonchev–Trinajstić information content (AvgIpc) is 2.75. The van der Waals surface area contributed by atoms with Gasteiger partial charge >= 0.3 is 0 Å². The molecule has 0 spiro atoms. The maximum absolute atomic E-state index is 11.3. The van der Waals surface area contributed by atoms with Gasteiger partial charge in [-0.15, -0.1) is 0 Å². The molecule has 0 fully saturated rings. The minimum Gasteiger partial charge on any atom is -0.495 e. The average molecular weight is 278 g/mol. The number of ether oxygens (including phenoxy) is 1. The lowest BCUT2D eigenvalue weighted by atomic mass is 10.1. The van der Waals surface area contributed by atoms with Crippen LogP contribution in [0.5, 0.6) is 5.75 Å². The largest absolute Gasteiger partial charge is 0.495 e. The van der Waals surface area contributed by atoms with Gasteiger partial charge in [0.1, 0.15) is 11.8 Å². The molecular formula is C13H14N2O3S. The van der Waals surface area contributed by atoms with Crippen LogP contribution in [0.25, 0.3) is 0 Å². The van der Waals surface area contributed by atoms with Gasteiger partial charge in [0, 0.05) is 18.0 Å². The summed E-state index contributed by atoms with van der Waals surface area (Å²) < 4.78 is 27.6. The Kier molecular flexibility index (Phi) is 3.88. The molecule has 1 aromatic carbocycles. The molecule has 1 aromatic rings. The summed E-state index contributed by atoms with van der Waals surface area (Å²) in [5, 5.41) is 13.3. The third kappa shape index (κ3) is 3.34. The van der Waals surface area contributed by atoms with E-state index in [0.717, 1.165) is 5.56 Å². The van der Waals surface area contributed by atoms with Crippen LogP contribution in [-0.4, -0.2) is 27.3 Å². The molecule has 5 nitrogen and oxygen atoms in total. The van der Waals surface area contributed by atoms with Crippen LogP contribution in [0.2, 0.25) is 0 Å². The molecule has 1 unspecified atom stereocenters. The number of rotatable bonds is 4. The van der Waals surface area contributed by atoms with E-state index in [2.05, 4.69) is 5.32 Å². The zero-order valence-corrected chi connectivity index (χ0v) is 11.3. The highest BCUT2D eigenvalue weighted by atomic mass is 32.2. The maximum atomic E-state index is 11.3. The predicted molar refractivity (Wildman–Crippen MR) is 71.3 cm³/mol. The number of methoxy groups -OCH3 is 1. The van der Waals surface area contributed by atoms with Crippen molar-refractivity contribution in [3.8, 4) is 11.8 Å². The Morgan fingerprint density at radius 2 is 2.32 bits per heavy atom. The predicted octanol–water partition coefficient (Wildman–Crippen LogP) is 0.967. The van der Waals surface area contributed by atoms with E-state index in [9.17, 15) is 8.42 Å². The van der Waals surface area contributed by atoms with Gasteiger partial charge in [-0.05, 0) is 17.7 Å². The van der Waals surface area contributed by atoms with Crippen LogP contribution in [0.4, 0.5) is 0 Å². The van der Waals surface area contributed by atoms with E-state index in [1.54, 1.807) is 18.2 Å². The molecule has 2 rings (SSSR count). The molecule has 0 saturated carbocycles. The van der Waals surface area contributed by atoms with Gasteiger partial charge in [-0.3, -0.25) is 0 Å². The number of nitriles is 1. The maximum Gasteiger partial charge on any atom is 0.173 e. The summed E-state index contributed by atoms with van der Waals surface area (Å²) in [7, 11) is -1.52. The molecule has 0 bridgehead atoms. The van der Waals surface area contributed by atoms with Crippen LogP contribution < -0.4 is 10.1 Å². The molecule has 19 heavy (non-hydrogen) atoms. The zero-order valence-electron chi connectivity index (χ0n) is 10.5. The minimum atomic E-state index is -3.03. The molecule has 1 atom stereocenters. The number of sulfone groups is 1. The highest BCUT2D eigenvalue weighted by Gasteiger charge is 2.20. The molecule has 0 aromatic heterocycles. The minimum absolute atomic E-state index is 0.0976. The first-order valence-electron chi connectivity index (χ1n) is 5.75. The fourth-order valence-corrected chi connectivity index (χ4v) is 3.16. The van der Waals surface area contributed by atoms with Crippen molar-refractivity contribution in [1.29, 1.82) is 5.26 Å². The van der Waals surface area contributed by atoms with Gasteiger partial charge in [0.25, 0.3) is 0 Å². The second kappa shape index (κ2) is 5.43. The van der Waals surface area contributed by atoms with Gasteiger partial charge in [0.2, 0.25) is 0 Å². The Morgan fingerprint density at radius 3 is 2.89 bits per heavy atom. The van der Waals surface area contributed by atoms with Crippen molar-refractivity contribution in [1.82, 2.24) is 5.32 Å². The summed E-state index contributed by atoms with van der Waals surface area (Å²) in [5.41, 5.74) is 1.42. The molecule has 1 N–H and O–H groups in total. The molecule has 1 heterocycles. The standard InChI is InChI=1S/C13H14N2O3S/c1-18-13-6-10(2-3-11(13)7-14)8-15-12-4-5-19(16,17)9-12/h2-6,12,15H,8-9H2,1H3. The lowest BCUT2D eigenvalue weighted by Crippen LogP contribution is -2.29. The van der Waals surface area contributed by atoms with Crippen molar-refractivity contribution < 1.29 is 13.2 Å². The Balaban J connectivity index is 2.01. The third-order valence-corrected chi connectivity index (χ3v) is 4.28. The molecular weight excluding hydrogens is 264 g/mol. The Labute approximate surface area is 112 Å². The van der Waals surface area contributed by atoms with E-state index in [0.29, 0.717) is 17.9 Å². The van der Waals surface area contributed by atoms with E-state index in [1.807, 2.05) is 12.1 Å². The number of nitrogens with one attached hydrogen (secondary N) is 1. The fraction of sp³-hybridized carbons (Fsp3) is 0.308. The second-order valence-electron chi connectivity index (χ2n) is 4.29. The molecule has 0 saturated heterocycles. The topological polar surface area (TPSA) is 79.2 Å². The molecule has 1 aliphatic rings. The van der Waals surface area contributed by atoms with Crippen molar-refractivity contribution in [2.75, 3.05) is 12.9 Å². The summed E-state index contributed by atoms with van der Waals surface area (Å²) in [4.78, 5) is 0. The van der Waals surface area contributed by atoms with E-state index < -0.39 is 9.84 Å². The summed E-state index contributed by atoms with van der Waals surface area (Å²) in [6.07, 6.45) is 1.65. The van der Waals surface area contributed by atoms with Gasteiger partial charge in [0.15, 0.2) is 9.84 Å². The lowest BCUT2D eigenvalue weighted by molar-refractivity contribution is 0.412. The Morgan fingerprint density at radius 1 is 1.53 bits per heavy atom. The van der Waals surface area contributed by atoms with Crippen molar-refractivity contribution >= 4 is 9.84 Å². The Bertz CT molecular complexity index is 644. The van der Waals surface area contributed by atoms with Crippen LogP contribution in [0.15, 0.2) is 29.7 Å². The van der Waals surface area contributed by atoms with Crippen LogP contribution in [-0.2, 0) is 16.4 Å². The molecule has 0 amide bonds. The zero-order chi connectivity index (χ0) is 13.9. The summed E-state index contributed by atoms with van der Waals surface area (Å²) in [6, 6.07) is 7.17. The molecule has 0 aliphatic carbocycles. The number of hydrogen-bond donors (Lipinski definition) is 1. The molecule has 1 aliphatic heterocycles. The molecule has 0 radical (unpaired) electrons. The smallest absolute Gasteiger partial charge is 0.173 e. The first-order chi connectivity index (χ1) is 9.04. The van der Waals surface area contributed by atoms with Gasteiger partial charge in [-0.1, -0.05) is 12.1 Å². The van der Waals surface area contributed by atoms with Crippen LogP contribution >= 0.6 is 0 Å². The summed E-state index contributed by atoms with van der Waals surface area (Å²) in [6.45, 7) is 0.520. The summed E-state index contributed by atoms with van der Waals surface area (Å²) in [5.74, 6) is 0.622. The normalized spacial score (nSPS) is 20.1. The van der Waals surface area contributed by atoms with Gasteiger partial charge in [-0.2, -0.15) is 5.26 Å². The lowest BCUT2D eigenvalue weighted by Gasteiger charge is -2.11. The first-order valence-corrected chi connectivity index (χ1v) is 7.47. The van der Waals surface area contributed by atoms with E-state index in [-0.39, 0.29) is 11.8 Å². The number of nitrogens with zero attached hydrogens (tertiary/aromatic N) is 1. The molecule has 6 heteroatoms. The van der Waals surface area contributed by atoms with Crippen molar-refractivity contribution in [2.24, 2.45) is 0 Å². The molecule has 100 valence electrons. The van der Waals surface area contributed by atoms with Crippen molar-refractivity contribution in [2.45, 2.75) is 12.6 Å². The third-order valence-electron chi connectivity index (χ3n) is 2.88. The second-order valence-corrected chi connectivity index (χ2v) is 6.22. The van der Waals surface area contributed by atoms with E-state index in [1.165, 1.54) is 12.5 Å². The fourth-order valence-electron chi connectivity index (χ4n) is 1.89. The van der Waals surface area contributed by atoms with Gasteiger partial charge in [-0.25, -0.2) is 8.42 Å². The highest BCUT2D eigenvalue weighted by Crippen LogP contribution is 2.19. The van der Waals surface area contributed by atoms with Crippen LogP contribution in [0.1, 0.15) is 11.1 Å². The van der Waals surface area contributed by atoms with Crippen LogP contribution in [0.3, 0.4) is 0 Å². The number of hydrogen-bond acceptors (Lipinski definition) is 5. The highest BCUT2D eigenvalue weighted by molar-refractivity contribution is 7.94. The van der Waals surface area contributed by atoms with Gasteiger partial charge < -0.3 is 10.1 Å².